The van der Waals surface area contributed by atoms with Crippen LogP contribution in [0.4, 0.5) is 0 Å². The summed E-state index contributed by atoms with van der Waals surface area (Å²) in [6, 6.07) is 9.68. The van der Waals surface area contributed by atoms with Gasteiger partial charge in [0.25, 0.3) is 0 Å². The van der Waals surface area contributed by atoms with Crippen LogP contribution in [-0.4, -0.2) is 25.1 Å². The number of pyridine rings is 1. The Balaban J connectivity index is 1.83. The molecule has 0 saturated heterocycles. The van der Waals surface area contributed by atoms with E-state index in [4.69, 9.17) is 0 Å². The van der Waals surface area contributed by atoms with Gasteiger partial charge in [0.15, 0.2) is 11.5 Å². The Bertz CT molecular complexity index is 857. The maximum atomic E-state index is 12.6. The third kappa shape index (κ3) is 3.73. The van der Waals surface area contributed by atoms with Crippen LogP contribution in [0.15, 0.2) is 36.5 Å². The van der Waals surface area contributed by atoms with Crippen LogP contribution in [0.5, 0.6) is 0 Å². The molecule has 0 unspecified atom stereocenters. The fraction of sp³-hybridized carbons (Fsp3) is 0.421. The van der Waals surface area contributed by atoms with Gasteiger partial charge in [-0.1, -0.05) is 19.9 Å². The molecule has 0 aromatic carbocycles. The molecule has 3 rings (SSSR count). The third-order valence-corrected chi connectivity index (χ3v) is 4.41. The predicted octanol–water partition coefficient (Wildman–Crippen LogP) is 3.05. The van der Waals surface area contributed by atoms with Gasteiger partial charge in [-0.3, -0.25) is 9.20 Å². The van der Waals surface area contributed by atoms with Crippen molar-refractivity contribution in [3.05, 3.63) is 53.7 Å². The van der Waals surface area contributed by atoms with E-state index in [0.717, 1.165) is 29.3 Å². The summed E-state index contributed by atoms with van der Waals surface area (Å²) in [6.07, 6.45) is 2.75. The summed E-state index contributed by atoms with van der Waals surface area (Å²) in [7, 11) is 0. The Morgan fingerprint density at radius 2 is 1.84 bits per heavy atom. The lowest BCUT2D eigenvalue weighted by atomic mass is 10.0. The highest BCUT2D eigenvalue weighted by atomic mass is 16.2. The molecular formula is C19H25N5O. The minimum absolute atomic E-state index is 0.0132. The second-order valence-electron chi connectivity index (χ2n) is 6.94. The smallest absolute Gasteiger partial charge is 0.240 e. The first-order chi connectivity index (χ1) is 12.0. The Kier molecular flexibility index (Phi) is 4.88. The van der Waals surface area contributed by atoms with E-state index in [0.29, 0.717) is 12.5 Å². The summed E-state index contributed by atoms with van der Waals surface area (Å²) in [5, 5.41) is 11.7. The van der Waals surface area contributed by atoms with Gasteiger partial charge in [0.2, 0.25) is 5.91 Å². The van der Waals surface area contributed by atoms with Gasteiger partial charge >= 0.3 is 0 Å². The van der Waals surface area contributed by atoms with Crippen LogP contribution in [-0.2, 0) is 11.3 Å². The molecule has 25 heavy (non-hydrogen) atoms. The number of hydrogen-bond acceptors (Lipinski definition) is 3. The summed E-state index contributed by atoms with van der Waals surface area (Å²) in [5.74, 6) is 1.19. The Labute approximate surface area is 147 Å². The lowest BCUT2D eigenvalue weighted by molar-refractivity contribution is -0.122. The first-order valence-corrected chi connectivity index (χ1v) is 8.67. The Morgan fingerprint density at radius 1 is 1.12 bits per heavy atom. The number of rotatable bonds is 6. The highest BCUT2D eigenvalue weighted by Gasteiger charge is 2.22. The number of fused-ring (bicyclic) bond motifs is 1. The van der Waals surface area contributed by atoms with E-state index in [1.54, 1.807) is 0 Å². The molecule has 0 aliphatic carbocycles. The summed E-state index contributed by atoms with van der Waals surface area (Å²) >= 11 is 0. The van der Waals surface area contributed by atoms with Crippen molar-refractivity contribution in [2.24, 2.45) is 5.92 Å². The molecule has 1 amide bonds. The normalized spacial score (nSPS) is 12.7. The number of aromatic nitrogens is 4. The number of nitrogens with zero attached hydrogens (tertiary/aromatic N) is 4. The zero-order valence-electron chi connectivity index (χ0n) is 15.2. The van der Waals surface area contributed by atoms with Crippen molar-refractivity contribution in [3.8, 4) is 0 Å². The van der Waals surface area contributed by atoms with Crippen molar-refractivity contribution in [1.82, 2.24) is 24.5 Å². The van der Waals surface area contributed by atoms with Crippen LogP contribution >= 0.6 is 0 Å². The van der Waals surface area contributed by atoms with Crippen LogP contribution in [0, 0.1) is 19.8 Å². The molecule has 6 nitrogen and oxygen atoms in total. The van der Waals surface area contributed by atoms with Crippen LogP contribution in [0.3, 0.4) is 0 Å². The van der Waals surface area contributed by atoms with Gasteiger partial charge in [0.1, 0.15) is 6.54 Å². The number of carbonyl (C=O) groups excluding carboxylic acids is 1. The average molecular weight is 339 g/mol. The molecule has 3 heterocycles. The van der Waals surface area contributed by atoms with E-state index in [2.05, 4.69) is 29.4 Å². The Morgan fingerprint density at radius 3 is 2.52 bits per heavy atom. The topological polar surface area (TPSA) is 64.2 Å². The highest BCUT2D eigenvalue weighted by molar-refractivity contribution is 5.76. The lowest BCUT2D eigenvalue weighted by Gasteiger charge is -2.20. The maximum Gasteiger partial charge on any atom is 0.240 e. The van der Waals surface area contributed by atoms with Gasteiger partial charge in [-0.15, -0.1) is 10.2 Å². The van der Waals surface area contributed by atoms with Gasteiger partial charge in [-0.2, -0.15) is 0 Å². The number of aryl methyl sites for hydroxylation is 2. The molecule has 1 N–H and O–H groups in total. The number of amides is 1. The summed E-state index contributed by atoms with van der Waals surface area (Å²) in [6.45, 7) is 8.62. The van der Waals surface area contributed by atoms with E-state index in [1.807, 2.05) is 59.3 Å². The quantitative estimate of drug-likeness (QED) is 0.751. The van der Waals surface area contributed by atoms with Crippen molar-refractivity contribution >= 4 is 11.6 Å². The lowest BCUT2D eigenvalue weighted by Crippen LogP contribution is -2.33. The highest BCUT2D eigenvalue weighted by Crippen LogP contribution is 2.20. The van der Waals surface area contributed by atoms with Crippen LogP contribution < -0.4 is 5.32 Å². The molecular weight excluding hydrogens is 314 g/mol. The van der Waals surface area contributed by atoms with Gasteiger partial charge in [0.05, 0.1) is 6.04 Å². The number of hydrogen-bond donors (Lipinski definition) is 1. The Hall–Kier alpha value is -2.63. The number of carbonyl (C=O) groups is 1. The van der Waals surface area contributed by atoms with Gasteiger partial charge in [-0.05, 0) is 50.5 Å². The summed E-state index contributed by atoms with van der Waals surface area (Å²) in [4.78, 5) is 12.6. The monoisotopic (exact) mass is 339 g/mol. The molecule has 3 aromatic heterocycles. The van der Waals surface area contributed by atoms with Crippen molar-refractivity contribution in [2.75, 3.05) is 0 Å². The van der Waals surface area contributed by atoms with Crippen molar-refractivity contribution < 1.29 is 4.79 Å². The van der Waals surface area contributed by atoms with E-state index in [9.17, 15) is 4.79 Å². The molecule has 1 atom stereocenters. The molecule has 3 aromatic rings. The summed E-state index contributed by atoms with van der Waals surface area (Å²) in [5.41, 5.74) is 2.96. The minimum Gasteiger partial charge on any atom is -0.344 e. The zero-order valence-corrected chi connectivity index (χ0v) is 15.2. The van der Waals surface area contributed by atoms with E-state index >= 15 is 0 Å². The zero-order chi connectivity index (χ0) is 18.0. The molecule has 0 aliphatic heterocycles. The number of nitrogens with one attached hydrogen (secondary N) is 1. The fourth-order valence-electron chi connectivity index (χ4n) is 3.13. The standard InChI is InChI=1S/C19H25N5O/c1-13(2)11-16(19-22-21-17-7-5-6-10-23(17)19)20-18(25)12-24-14(3)8-9-15(24)4/h5-10,13,16H,11-12H2,1-4H3,(H,20,25)/t16-/m0/s1. The SMILES string of the molecule is Cc1ccc(C)n1CC(=O)N[C@@H](CC(C)C)c1nnc2ccccn12. The van der Waals surface area contributed by atoms with E-state index < -0.39 is 0 Å². The van der Waals surface area contributed by atoms with Gasteiger partial charge in [-0.25, -0.2) is 0 Å². The first-order valence-electron chi connectivity index (χ1n) is 8.67. The molecule has 132 valence electrons. The van der Waals surface area contributed by atoms with Gasteiger partial charge < -0.3 is 9.88 Å². The second-order valence-corrected chi connectivity index (χ2v) is 6.94. The van der Waals surface area contributed by atoms with Crippen LogP contribution in [0.2, 0.25) is 0 Å². The molecule has 0 aliphatic rings. The van der Waals surface area contributed by atoms with E-state index in [1.165, 1.54) is 0 Å². The molecule has 0 bridgehead atoms. The van der Waals surface area contributed by atoms with E-state index in [-0.39, 0.29) is 11.9 Å². The largest absolute Gasteiger partial charge is 0.344 e. The molecule has 0 spiro atoms. The van der Waals surface area contributed by atoms with Crippen molar-refractivity contribution in [3.63, 3.8) is 0 Å². The second kappa shape index (κ2) is 7.09. The average Bonchev–Trinajstić information content (AvgIpc) is 3.12. The summed E-state index contributed by atoms with van der Waals surface area (Å²) < 4.78 is 3.96. The van der Waals surface area contributed by atoms with Crippen LogP contribution in [0.1, 0.15) is 43.5 Å². The maximum absolute atomic E-state index is 12.6. The van der Waals surface area contributed by atoms with Crippen molar-refractivity contribution in [1.29, 1.82) is 0 Å². The van der Waals surface area contributed by atoms with Crippen molar-refractivity contribution in [2.45, 2.75) is 46.7 Å². The van der Waals surface area contributed by atoms with Gasteiger partial charge in [0, 0.05) is 17.6 Å². The third-order valence-electron chi connectivity index (χ3n) is 4.41. The fourth-order valence-corrected chi connectivity index (χ4v) is 3.13. The first kappa shape index (κ1) is 17.2. The van der Waals surface area contributed by atoms with Crippen LogP contribution in [0.25, 0.3) is 5.65 Å². The molecule has 0 saturated carbocycles. The molecule has 0 radical (unpaired) electrons. The molecule has 0 fully saturated rings. The molecule has 6 heteroatoms. The minimum atomic E-state index is -0.166. The predicted molar refractivity (Wildman–Crippen MR) is 97.2 cm³/mol.